The van der Waals surface area contributed by atoms with Gasteiger partial charge in [0.25, 0.3) is 0 Å². The maximum atomic E-state index is 6.11. The third-order valence-electron chi connectivity index (χ3n) is 2.88. The number of nitrogens with two attached hydrogens (primary N) is 1. The minimum absolute atomic E-state index is 0.440. The number of furan rings is 1. The van der Waals surface area contributed by atoms with Crippen LogP contribution in [0.1, 0.15) is 26.0 Å². The molecule has 6 heteroatoms. The standard InChI is InChI=1S/C14H20N4O2/c1-3-7-20-14-12(15)13(16-10-17-14)18(4-2)9-11-6-5-8-19-11/h5-6,8,10H,3-4,7,9,15H2,1-2H3. The highest BCUT2D eigenvalue weighted by Gasteiger charge is 2.16. The lowest BCUT2D eigenvalue weighted by Gasteiger charge is -2.22. The highest BCUT2D eigenvalue weighted by Crippen LogP contribution is 2.28. The summed E-state index contributed by atoms with van der Waals surface area (Å²) in [5.74, 6) is 1.97. The van der Waals surface area contributed by atoms with Gasteiger partial charge in [-0.1, -0.05) is 6.92 Å². The number of ether oxygens (including phenoxy) is 1. The van der Waals surface area contributed by atoms with E-state index in [2.05, 4.69) is 9.97 Å². The summed E-state index contributed by atoms with van der Waals surface area (Å²) in [6.45, 7) is 6.03. The molecule has 6 nitrogen and oxygen atoms in total. The number of rotatable bonds is 7. The monoisotopic (exact) mass is 276 g/mol. The van der Waals surface area contributed by atoms with Crippen molar-refractivity contribution in [2.24, 2.45) is 0 Å². The molecule has 0 aliphatic rings. The Morgan fingerprint density at radius 3 is 2.85 bits per heavy atom. The first-order valence-electron chi connectivity index (χ1n) is 6.76. The third kappa shape index (κ3) is 3.20. The summed E-state index contributed by atoms with van der Waals surface area (Å²) in [4.78, 5) is 10.4. The second kappa shape index (κ2) is 6.79. The van der Waals surface area contributed by atoms with Gasteiger partial charge < -0.3 is 19.8 Å². The molecule has 0 spiro atoms. The summed E-state index contributed by atoms with van der Waals surface area (Å²) in [6, 6.07) is 3.79. The summed E-state index contributed by atoms with van der Waals surface area (Å²) in [5, 5.41) is 0. The molecular formula is C14H20N4O2. The van der Waals surface area contributed by atoms with Crippen LogP contribution < -0.4 is 15.4 Å². The maximum Gasteiger partial charge on any atom is 0.242 e. The van der Waals surface area contributed by atoms with E-state index in [4.69, 9.17) is 14.9 Å². The van der Waals surface area contributed by atoms with Gasteiger partial charge in [-0.3, -0.25) is 0 Å². The first-order chi connectivity index (χ1) is 9.76. The van der Waals surface area contributed by atoms with Crippen LogP contribution >= 0.6 is 0 Å². The van der Waals surface area contributed by atoms with E-state index in [9.17, 15) is 0 Å². The zero-order valence-electron chi connectivity index (χ0n) is 11.9. The Balaban J connectivity index is 2.20. The van der Waals surface area contributed by atoms with E-state index in [-0.39, 0.29) is 0 Å². The molecule has 0 bridgehead atoms. The zero-order valence-corrected chi connectivity index (χ0v) is 11.9. The summed E-state index contributed by atoms with van der Waals surface area (Å²) in [7, 11) is 0. The van der Waals surface area contributed by atoms with Crippen molar-refractivity contribution in [1.29, 1.82) is 0 Å². The average molecular weight is 276 g/mol. The number of anilines is 2. The summed E-state index contributed by atoms with van der Waals surface area (Å²) in [6.07, 6.45) is 4.03. The van der Waals surface area contributed by atoms with E-state index in [1.54, 1.807) is 6.26 Å². The van der Waals surface area contributed by atoms with Crippen LogP contribution in [0.3, 0.4) is 0 Å². The Hall–Kier alpha value is -2.24. The Morgan fingerprint density at radius 1 is 1.35 bits per heavy atom. The van der Waals surface area contributed by atoms with E-state index in [1.807, 2.05) is 30.9 Å². The van der Waals surface area contributed by atoms with Crippen molar-refractivity contribution >= 4 is 11.5 Å². The SMILES string of the molecule is CCCOc1ncnc(N(CC)Cc2ccco2)c1N. The van der Waals surface area contributed by atoms with Crippen LogP contribution in [-0.4, -0.2) is 23.1 Å². The molecule has 0 aliphatic carbocycles. The Morgan fingerprint density at radius 2 is 2.20 bits per heavy atom. The van der Waals surface area contributed by atoms with Gasteiger partial charge >= 0.3 is 0 Å². The van der Waals surface area contributed by atoms with Crippen molar-refractivity contribution in [1.82, 2.24) is 9.97 Å². The van der Waals surface area contributed by atoms with Gasteiger partial charge in [0.1, 0.15) is 17.8 Å². The highest BCUT2D eigenvalue weighted by atomic mass is 16.5. The molecule has 0 atom stereocenters. The molecule has 0 fully saturated rings. The van der Waals surface area contributed by atoms with E-state index in [0.29, 0.717) is 30.5 Å². The molecule has 0 amide bonds. The van der Waals surface area contributed by atoms with Crippen molar-refractivity contribution in [3.63, 3.8) is 0 Å². The van der Waals surface area contributed by atoms with Crippen molar-refractivity contribution in [2.75, 3.05) is 23.8 Å². The molecule has 2 aromatic rings. The van der Waals surface area contributed by atoms with Gasteiger partial charge in [0, 0.05) is 6.54 Å². The van der Waals surface area contributed by atoms with Gasteiger partial charge in [-0.05, 0) is 25.5 Å². The molecule has 2 N–H and O–H groups in total. The molecule has 2 aromatic heterocycles. The van der Waals surface area contributed by atoms with Gasteiger partial charge in [0.05, 0.1) is 19.4 Å². The van der Waals surface area contributed by atoms with Gasteiger partial charge in [0.2, 0.25) is 5.88 Å². The quantitative estimate of drug-likeness (QED) is 0.837. The van der Waals surface area contributed by atoms with E-state index >= 15 is 0 Å². The van der Waals surface area contributed by atoms with Gasteiger partial charge in [-0.2, -0.15) is 4.98 Å². The predicted octanol–water partition coefficient (Wildman–Crippen LogP) is 2.47. The molecule has 20 heavy (non-hydrogen) atoms. The first-order valence-corrected chi connectivity index (χ1v) is 6.76. The Kier molecular flexibility index (Phi) is 4.81. The molecular weight excluding hydrogens is 256 g/mol. The van der Waals surface area contributed by atoms with Crippen LogP contribution in [0, 0.1) is 0 Å². The Bertz CT molecular complexity index is 528. The van der Waals surface area contributed by atoms with Gasteiger partial charge in [0.15, 0.2) is 5.82 Å². The van der Waals surface area contributed by atoms with Crippen LogP contribution in [0.25, 0.3) is 0 Å². The lowest BCUT2D eigenvalue weighted by molar-refractivity contribution is 0.306. The third-order valence-corrected chi connectivity index (χ3v) is 2.88. The topological polar surface area (TPSA) is 77.4 Å². The van der Waals surface area contributed by atoms with Crippen molar-refractivity contribution in [2.45, 2.75) is 26.8 Å². The smallest absolute Gasteiger partial charge is 0.242 e. The van der Waals surface area contributed by atoms with E-state index in [1.165, 1.54) is 6.33 Å². The molecule has 2 rings (SSSR count). The second-order valence-electron chi connectivity index (χ2n) is 4.36. The summed E-state index contributed by atoms with van der Waals surface area (Å²) >= 11 is 0. The Labute approximate surface area is 118 Å². The molecule has 0 unspecified atom stereocenters. The fourth-order valence-corrected chi connectivity index (χ4v) is 1.86. The molecule has 0 saturated carbocycles. The molecule has 0 aromatic carbocycles. The maximum absolute atomic E-state index is 6.11. The minimum Gasteiger partial charge on any atom is -0.476 e. The number of hydrogen-bond donors (Lipinski definition) is 1. The summed E-state index contributed by atoms with van der Waals surface area (Å²) < 4.78 is 10.9. The van der Waals surface area contributed by atoms with Crippen LogP contribution in [0.5, 0.6) is 5.88 Å². The van der Waals surface area contributed by atoms with Crippen LogP contribution in [0.2, 0.25) is 0 Å². The molecule has 2 heterocycles. The number of hydrogen-bond acceptors (Lipinski definition) is 6. The largest absolute Gasteiger partial charge is 0.476 e. The number of aromatic nitrogens is 2. The van der Waals surface area contributed by atoms with Crippen LogP contribution in [-0.2, 0) is 6.54 Å². The minimum atomic E-state index is 0.440. The lowest BCUT2D eigenvalue weighted by atomic mass is 10.3. The molecule has 0 radical (unpaired) electrons. The fourth-order valence-electron chi connectivity index (χ4n) is 1.86. The molecule has 108 valence electrons. The summed E-state index contributed by atoms with van der Waals surface area (Å²) in [5.41, 5.74) is 6.57. The van der Waals surface area contributed by atoms with E-state index < -0.39 is 0 Å². The number of nitrogen functional groups attached to an aromatic ring is 1. The normalized spacial score (nSPS) is 10.5. The number of nitrogens with zero attached hydrogens (tertiary/aromatic N) is 3. The van der Waals surface area contributed by atoms with Crippen molar-refractivity contribution in [3.8, 4) is 5.88 Å². The lowest BCUT2D eigenvalue weighted by Crippen LogP contribution is -2.24. The van der Waals surface area contributed by atoms with Gasteiger partial charge in [-0.25, -0.2) is 4.98 Å². The molecule has 0 saturated heterocycles. The van der Waals surface area contributed by atoms with Crippen LogP contribution in [0.15, 0.2) is 29.1 Å². The van der Waals surface area contributed by atoms with Crippen LogP contribution in [0.4, 0.5) is 11.5 Å². The average Bonchev–Trinajstić information content (AvgIpc) is 2.97. The zero-order chi connectivity index (χ0) is 14.4. The second-order valence-corrected chi connectivity index (χ2v) is 4.36. The molecule has 0 aliphatic heterocycles. The van der Waals surface area contributed by atoms with Gasteiger partial charge in [-0.15, -0.1) is 0 Å². The van der Waals surface area contributed by atoms with Crippen molar-refractivity contribution in [3.05, 3.63) is 30.5 Å². The van der Waals surface area contributed by atoms with Crippen molar-refractivity contribution < 1.29 is 9.15 Å². The fraction of sp³-hybridized carbons (Fsp3) is 0.429. The first kappa shape index (κ1) is 14.2. The highest BCUT2D eigenvalue weighted by molar-refractivity contribution is 5.67. The predicted molar refractivity (Wildman–Crippen MR) is 77.7 cm³/mol. The van der Waals surface area contributed by atoms with E-state index in [0.717, 1.165) is 18.7 Å².